The minimum absolute atomic E-state index is 0.535. The van der Waals surface area contributed by atoms with Crippen LogP contribution in [0.1, 0.15) is 52.3 Å². The molecule has 0 aliphatic carbocycles. The molecule has 0 amide bonds. The summed E-state index contributed by atoms with van der Waals surface area (Å²) < 4.78 is 2.28. The summed E-state index contributed by atoms with van der Waals surface area (Å²) in [4.78, 5) is 4.47. The quantitative estimate of drug-likeness (QED) is 0.770. The molecule has 0 spiro atoms. The van der Waals surface area contributed by atoms with E-state index in [0.29, 0.717) is 12.0 Å². The summed E-state index contributed by atoms with van der Waals surface area (Å²) >= 11 is 0. The zero-order chi connectivity index (χ0) is 12.0. The van der Waals surface area contributed by atoms with E-state index in [1.807, 2.05) is 6.20 Å². The molecule has 1 rings (SSSR count). The van der Waals surface area contributed by atoms with E-state index in [2.05, 4.69) is 48.8 Å². The molecule has 1 atom stereocenters. The van der Waals surface area contributed by atoms with Gasteiger partial charge in [0, 0.05) is 30.9 Å². The van der Waals surface area contributed by atoms with Gasteiger partial charge in [0.05, 0.1) is 0 Å². The first-order valence-electron chi connectivity index (χ1n) is 6.39. The van der Waals surface area contributed by atoms with Crippen LogP contribution in [0.25, 0.3) is 0 Å². The molecular formula is C13H25N3. The molecule has 1 heterocycles. The number of nitrogens with one attached hydrogen (secondary N) is 1. The van der Waals surface area contributed by atoms with Gasteiger partial charge >= 0.3 is 0 Å². The summed E-state index contributed by atoms with van der Waals surface area (Å²) in [6.45, 7) is 11.0. The maximum absolute atomic E-state index is 4.47. The van der Waals surface area contributed by atoms with Crippen molar-refractivity contribution in [2.75, 3.05) is 6.54 Å². The second-order valence-corrected chi connectivity index (χ2v) is 4.78. The predicted octanol–water partition coefficient (Wildman–Crippen LogP) is 2.78. The van der Waals surface area contributed by atoms with Crippen LogP contribution in [0.15, 0.2) is 12.4 Å². The van der Waals surface area contributed by atoms with Crippen LogP contribution in [0.2, 0.25) is 0 Å². The van der Waals surface area contributed by atoms with E-state index in [0.717, 1.165) is 19.5 Å². The van der Waals surface area contributed by atoms with Crippen LogP contribution >= 0.6 is 0 Å². The molecule has 3 heteroatoms. The first-order chi connectivity index (χ1) is 7.65. The predicted molar refractivity (Wildman–Crippen MR) is 68.7 cm³/mol. The first kappa shape index (κ1) is 13.2. The van der Waals surface area contributed by atoms with Gasteiger partial charge in [0.2, 0.25) is 0 Å². The Kier molecular flexibility index (Phi) is 5.53. The van der Waals surface area contributed by atoms with Crippen LogP contribution in [-0.2, 0) is 6.54 Å². The number of aryl methyl sites for hydroxylation is 1. The summed E-state index contributed by atoms with van der Waals surface area (Å²) in [5.74, 6) is 1.76. The highest BCUT2D eigenvalue weighted by Crippen LogP contribution is 2.16. The summed E-state index contributed by atoms with van der Waals surface area (Å²) in [6.07, 6.45) is 6.32. The van der Waals surface area contributed by atoms with Gasteiger partial charge in [0.15, 0.2) is 0 Å². The molecule has 0 aromatic carbocycles. The van der Waals surface area contributed by atoms with Gasteiger partial charge in [-0.05, 0) is 19.4 Å². The molecule has 0 bridgehead atoms. The van der Waals surface area contributed by atoms with Gasteiger partial charge in [0.1, 0.15) is 5.82 Å². The maximum Gasteiger partial charge on any atom is 0.111 e. The van der Waals surface area contributed by atoms with E-state index in [1.54, 1.807) is 0 Å². The smallest absolute Gasteiger partial charge is 0.111 e. The lowest BCUT2D eigenvalue weighted by Crippen LogP contribution is -2.25. The average molecular weight is 223 g/mol. The molecular weight excluding hydrogens is 198 g/mol. The Morgan fingerprint density at radius 3 is 2.75 bits per heavy atom. The monoisotopic (exact) mass is 223 g/mol. The average Bonchev–Trinajstić information content (AvgIpc) is 2.66. The zero-order valence-corrected chi connectivity index (χ0v) is 11.0. The Balaban J connectivity index is 2.45. The van der Waals surface area contributed by atoms with Gasteiger partial charge in [-0.25, -0.2) is 4.98 Å². The number of nitrogens with zero attached hydrogens (tertiary/aromatic N) is 2. The van der Waals surface area contributed by atoms with E-state index in [4.69, 9.17) is 0 Å². The third kappa shape index (κ3) is 3.97. The van der Waals surface area contributed by atoms with E-state index in [1.165, 1.54) is 12.2 Å². The Labute approximate surface area is 99.3 Å². The largest absolute Gasteiger partial charge is 0.335 e. The van der Waals surface area contributed by atoms with Crippen LogP contribution in [0, 0.1) is 0 Å². The first-order valence-corrected chi connectivity index (χ1v) is 6.39. The summed E-state index contributed by atoms with van der Waals surface area (Å²) in [6, 6.07) is 0.572. The standard InChI is InChI=1S/C13H25N3/c1-5-9-16-10-8-15-13(16)12(4)6-7-14-11(2)3/h8,10-12,14H,5-7,9H2,1-4H3. The van der Waals surface area contributed by atoms with Crippen LogP contribution in [0.4, 0.5) is 0 Å². The second kappa shape index (κ2) is 6.69. The molecule has 0 radical (unpaired) electrons. The molecule has 16 heavy (non-hydrogen) atoms. The van der Waals surface area contributed by atoms with Crippen molar-refractivity contribution in [3.05, 3.63) is 18.2 Å². The van der Waals surface area contributed by atoms with E-state index < -0.39 is 0 Å². The lowest BCUT2D eigenvalue weighted by Gasteiger charge is -2.15. The molecule has 92 valence electrons. The van der Waals surface area contributed by atoms with Gasteiger partial charge in [0.25, 0.3) is 0 Å². The fourth-order valence-corrected chi connectivity index (χ4v) is 1.90. The minimum atomic E-state index is 0.535. The summed E-state index contributed by atoms with van der Waals surface area (Å²) in [5, 5.41) is 3.45. The SMILES string of the molecule is CCCn1ccnc1C(C)CCNC(C)C. The van der Waals surface area contributed by atoms with Crippen LogP contribution in [0.5, 0.6) is 0 Å². The van der Waals surface area contributed by atoms with E-state index in [-0.39, 0.29) is 0 Å². The number of hydrogen-bond acceptors (Lipinski definition) is 2. The van der Waals surface area contributed by atoms with Gasteiger partial charge < -0.3 is 9.88 Å². The topological polar surface area (TPSA) is 29.9 Å². The highest BCUT2D eigenvalue weighted by Gasteiger charge is 2.11. The van der Waals surface area contributed by atoms with Crippen molar-refractivity contribution in [2.45, 2.75) is 59.0 Å². The fraction of sp³-hybridized carbons (Fsp3) is 0.769. The Bertz CT molecular complexity index is 291. The molecule has 0 aliphatic heterocycles. The van der Waals surface area contributed by atoms with Crippen molar-refractivity contribution in [3.8, 4) is 0 Å². The van der Waals surface area contributed by atoms with Crippen molar-refractivity contribution >= 4 is 0 Å². The lowest BCUT2D eigenvalue weighted by molar-refractivity contribution is 0.511. The summed E-state index contributed by atoms with van der Waals surface area (Å²) in [5.41, 5.74) is 0. The molecule has 0 aliphatic rings. The van der Waals surface area contributed by atoms with Crippen LogP contribution in [0.3, 0.4) is 0 Å². The Morgan fingerprint density at radius 1 is 1.38 bits per heavy atom. The number of imidazole rings is 1. The van der Waals surface area contributed by atoms with Gasteiger partial charge in [-0.2, -0.15) is 0 Å². The second-order valence-electron chi connectivity index (χ2n) is 4.78. The zero-order valence-electron chi connectivity index (χ0n) is 11.0. The molecule has 1 aromatic rings. The third-order valence-electron chi connectivity index (χ3n) is 2.78. The molecule has 1 N–H and O–H groups in total. The highest BCUT2D eigenvalue weighted by atomic mass is 15.1. The number of aromatic nitrogens is 2. The molecule has 3 nitrogen and oxygen atoms in total. The lowest BCUT2D eigenvalue weighted by atomic mass is 10.1. The fourth-order valence-electron chi connectivity index (χ4n) is 1.90. The molecule has 0 saturated heterocycles. The van der Waals surface area contributed by atoms with Crippen molar-refractivity contribution < 1.29 is 0 Å². The Hall–Kier alpha value is -0.830. The van der Waals surface area contributed by atoms with E-state index >= 15 is 0 Å². The molecule has 1 aromatic heterocycles. The molecule has 0 saturated carbocycles. The van der Waals surface area contributed by atoms with E-state index in [9.17, 15) is 0 Å². The van der Waals surface area contributed by atoms with Crippen LogP contribution < -0.4 is 5.32 Å². The van der Waals surface area contributed by atoms with Crippen molar-refractivity contribution in [2.24, 2.45) is 0 Å². The number of hydrogen-bond donors (Lipinski definition) is 1. The third-order valence-corrected chi connectivity index (χ3v) is 2.78. The Morgan fingerprint density at radius 2 is 2.12 bits per heavy atom. The van der Waals surface area contributed by atoms with Crippen LogP contribution in [-0.4, -0.2) is 22.1 Å². The van der Waals surface area contributed by atoms with Crippen molar-refractivity contribution in [1.29, 1.82) is 0 Å². The highest BCUT2D eigenvalue weighted by molar-refractivity contribution is 4.99. The minimum Gasteiger partial charge on any atom is -0.335 e. The van der Waals surface area contributed by atoms with Gasteiger partial charge in [-0.3, -0.25) is 0 Å². The normalized spacial score (nSPS) is 13.3. The molecule has 0 fully saturated rings. The van der Waals surface area contributed by atoms with Crippen molar-refractivity contribution in [1.82, 2.24) is 14.9 Å². The molecule has 1 unspecified atom stereocenters. The van der Waals surface area contributed by atoms with Gasteiger partial charge in [-0.15, -0.1) is 0 Å². The summed E-state index contributed by atoms with van der Waals surface area (Å²) in [7, 11) is 0. The van der Waals surface area contributed by atoms with Crippen molar-refractivity contribution in [3.63, 3.8) is 0 Å². The van der Waals surface area contributed by atoms with Gasteiger partial charge in [-0.1, -0.05) is 27.7 Å². The number of rotatable bonds is 7. The maximum atomic E-state index is 4.47.